The van der Waals surface area contributed by atoms with Crippen LogP contribution in [0.25, 0.3) is 0 Å². The number of rotatable bonds is 4. The minimum Gasteiger partial charge on any atom is -0.369 e. The fourth-order valence-electron chi connectivity index (χ4n) is 1.39. The number of nitrogens with one attached hydrogen (secondary N) is 1. The Balaban J connectivity index is 2.04. The van der Waals surface area contributed by atoms with Crippen molar-refractivity contribution in [3.63, 3.8) is 0 Å². The van der Waals surface area contributed by atoms with E-state index in [-0.39, 0.29) is 12.3 Å². The van der Waals surface area contributed by atoms with E-state index in [1.165, 1.54) is 11.3 Å². The summed E-state index contributed by atoms with van der Waals surface area (Å²) in [6.07, 6.45) is 0.0793. The SMILES string of the molecule is NC(=O)Cc1csc(NC(=O)c2ccc(I)cc2)n1. The van der Waals surface area contributed by atoms with Crippen molar-refractivity contribution in [2.24, 2.45) is 5.73 Å². The van der Waals surface area contributed by atoms with Gasteiger partial charge in [-0.15, -0.1) is 11.3 Å². The zero-order valence-corrected chi connectivity index (χ0v) is 12.7. The Morgan fingerprint density at radius 3 is 2.63 bits per heavy atom. The molecule has 2 rings (SSSR count). The number of nitrogens with two attached hydrogens (primary N) is 1. The number of amides is 2. The fourth-order valence-corrected chi connectivity index (χ4v) is 2.46. The van der Waals surface area contributed by atoms with Crippen molar-refractivity contribution < 1.29 is 9.59 Å². The van der Waals surface area contributed by atoms with Crippen LogP contribution in [0, 0.1) is 3.57 Å². The van der Waals surface area contributed by atoms with Crippen molar-refractivity contribution in [2.75, 3.05) is 5.32 Å². The van der Waals surface area contributed by atoms with Crippen LogP contribution in [-0.2, 0) is 11.2 Å². The molecule has 3 N–H and O–H groups in total. The topological polar surface area (TPSA) is 85.1 Å². The first-order chi connectivity index (χ1) is 9.04. The van der Waals surface area contributed by atoms with E-state index in [0.29, 0.717) is 16.4 Å². The van der Waals surface area contributed by atoms with Gasteiger partial charge in [0.15, 0.2) is 5.13 Å². The first kappa shape index (κ1) is 13.9. The Morgan fingerprint density at radius 1 is 1.32 bits per heavy atom. The summed E-state index contributed by atoms with van der Waals surface area (Å²) in [6.45, 7) is 0. The van der Waals surface area contributed by atoms with Crippen molar-refractivity contribution in [1.29, 1.82) is 0 Å². The second kappa shape index (κ2) is 6.11. The normalized spacial score (nSPS) is 10.2. The van der Waals surface area contributed by atoms with E-state index in [1.54, 1.807) is 17.5 Å². The number of carbonyl (C=O) groups excluding carboxylic acids is 2. The Bertz CT molecular complexity index is 610. The van der Waals surface area contributed by atoms with Gasteiger partial charge in [-0.2, -0.15) is 0 Å². The van der Waals surface area contributed by atoms with E-state index in [4.69, 9.17) is 5.73 Å². The predicted molar refractivity (Wildman–Crippen MR) is 82.1 cm³/mol. The van der Waals surface area contributed by atoms with Crippen LogP contribution in [0.4, 0.5) is 5.13 Å². The van der Waals surface area contributed by atoms with Crippen LogP contribution in [0.5, 0.6) is 0 Å². The highest BCUT2D eigenvalue weighted by Gasteiger charge is 2.09. The molecule has 1 aromatic carbocycles. The largest absolute Gasteiger partial charge is 0.369 e. The maximum absolute atomic E-state index is 11.9. The molecule has 98 valence electrons. The van der Waals surface area contributed by atoms with Crippen LogP contribution in [0.1, 0.15) is 16.1 Å². The number of thiazole rings is 1. The van der Waals surface area contributed by atoms with Crippen LogP contribution < -0.4 is 11.1 Å². The molecule has 0 saturated heterocycles. The number of benzene rings is 1. The quantitative estimate of drug-likeness (QED) is 0.788. The Kier molecular flexibility index (Phi) is 4.48. The van der Waals surface area contributed by atoms with Crippen LogP contribution in [0.3, 0.4) is 0 Å². The first-order valence-corrected chi connectivity index (χ1v) is 7.30. The molecule has 0 aliphatic carbocycles. The summed E-state index contributed by atoms with van der Waals surface area (Å²) in [5.41, 5.74) is 6.21. The monoisotopic (exact) mass is 387 g/mol. The Morgan fingerprint density at radius 2 is 2.00 bits per heavy atom. The molecule has 0 fully saturated rings. The molecule has 0 atom stereocenters. The van der Waals surface area contributed by atoms with Gasteiger partial charge in [-0.05, 0) is 46.9 Å². The third-order valence-electron chi connectivity index (χ3n) is 2.23. The molecule has 0 saturated carbocycles. The molecule has 0 radical (unpaired) electrons. The van der Waals surface area contributed by atoms with Gasteiger partial charge in [0.05, 0.1) is 12.1 Å². The first-order valence-electron chi connectivity index (χ1n) is 5.34. The highest BCUT2D eigenvalue weighted by atomic mass is 127. The summed E-state index contributed by atoms with van der Waals surface area (Å²) in [7, 11) is 0. The molecule has 19 heavy (non-hydrogen) atoms. The second-order valence-corrected chi connectivity index (χ2v) is 5.85. The molecular formula is C12H10IN3O2S. The summed E-state index contributed by atoms with van der Waals surface area (Å²) in [5, 5.41) is 4.85. The van der Waals surface area contributed by atoms with Gasteiger partial charge in [0.25, 0.3) is 5.91 Å². The number of hydrogen-bond acceptors (Lipinski definition) is 4. The Hall–Kier alpha value is -1.48. The molecule has 0 aliphatic rings. The van der Waals surface area contributed by atoms with Gasteiger partial charge in [0, 0.05) is 14.5 Å². The van der Waals surface area contributed by atoms with Gasteiger partial charge in [-0.1, -0.05) is 0 Å². The maximum Gasteiger partial charge on any atom is 0.257 e. The standard InChI is InChI=1S/C12H10IN3O2S/c13-8-3-1-7(2-4-8)11(18)16-12-15-9(6-19-12)5-10(14)17/h1-4,6H,5H2,(H2,14,17)(H,15,16,18). The van der Waals surface area contributed by atoms with Crippen LogP contribution in [0.15, 0.2) is 29.6 Å². The van der Waals surface area contributed by atoms with Gasteiger partial charge in [0.2, 0.25) is 5.91 Å². The molecule has 0 aliphatic heterocycles. The van der Waals surface area contributed by atoms with Crippen molar-refractivity contribution in [1.82, 2.24) is 4.98 Å². The highest BCUT2D eigenvalue weighted by Crippen LogP contribution is 2.17. The van der Waals surface area contributed by atoms with E-state index < -0.39 is 5.91 Å². The summed E-state index contributed by atoms with van der Waals surface area (Å²) in [5.74, 6) is -0.669. The van der Waals surface area contributed by atoms with E-state index >= 15 is 0 Å². The van der Waals surface area contributed by atoms with Crippen LogP contribution in [-0.4, -0.2) is 16.8 Å². The highest BCUT2D eigenvalue weighted by molar-refractivity contribution is 14.1. The van der Waals surface area contributed by atoms with E-state index in [1.807, 2.05) is 12.1 Å². The van der Waals surface area contributed by atoms with Crippen LogP contribution in [0.2, 0.25) is 0 Å². The molecule has 5 nitrogen and oxygen atoms in total. The molecule has 1 aromatic heterocycles. The smallest absolute Gasteiger partial charge is 0.257 e. The van der Waals surface area contributed by atoms with Crippen molar-refractivity contribution >= 4 is 50.9 Å². The van der Waals surface area contributed by atoms with Crippen LogP contribution >= 0.6 is 33.9 Å². The minimum atomic E-state index is -0.444. The maximum atomic E-state index is 11.9. The molecule has 2 aromatic rings. The molecule has 0 unspecified atom stereocenters. The lowest BCUT2D eigenvalue weighted by molar-refractivity contribution is -0.117. The third kappa shape index (κ3) is 4.00. The second-order valence-electron chi connectivity index (χ2n) is 3.75. The van der Waals surface area contributed by atoms with Crippen molar-refractivity contribution in [3.05, 3.63) is 44.5 Å². The van der Waals surface area contributed by atoms with E-state index in [2.05, 4.69) is 32.9 Å². The average Bonchev–Trinajstić information content (AvgIpc) is 2.76. The zero-order chi connectivity index (χ0) is 13.8. The lowest BCUT2D eigenvalue weighted by atomic mass is 10.2. The molecule has 2 amide bonds. The number of aromatic nitrogens is 1. The molecule has 0 bridgehead atoms. The average molecular weight is 387 g/mol. The Labute approximate surface area is 127 Å². The summed E-state index contributed by atoms with van der Waals surface area (Å²) in [4.78, 5) is 26.8. The summed E-state index contributed by atoms with van der Waals surface area (Å²) < 4.78 is 1.06. The van der Waals surface area contributed by atoms with Gasteiger partial charge in [-0.3, -0.25) is 14.9 Å². The van der Waals surface area contributed by atoms with Crippen molar-refractivity contribution in [2.45, 2.75) is 6.42 Å². The lowest BCUT2D eigenvalue weighted by Gasteiger charge is -2.01. The summed E-state index contributed by atoms with van der Waals surface area (Å²) in [6, 6.07) is 7.20. The number of nitrogens with zero attached hydrogens (tertiary/aromatic N) is 1. The van der Waals surface area contributed by atoms with Crippen molar-refractivity contribution in [3.8, 4) is 0 Å². The number of halogens is 1. The molecule has 1 heterocycles. The molecule has 0 spiro atoms. The molecular weight excluding hydrogens is 377 g/mol. The number of carbonyl (C=O) groups is 2. The predicted octanol–water partition coefficient (Wildman–Crippen LogP) is 2.03. The third-order valence-corrected chi connectivity index (χ3v) is 3.76. The fraction of sp³-hybridized carbons (Fsp3) is 0.0833. The number of anilines is 1. The number of primary amides is 1. The molecule has 7 heteroatoms. The van der Waals surface area contributed by atoms with Gasteiger partial charge in [-0.25, -0.2) is 4.98 Å². The zero-order valence-electron chi connectivity index (χ0n) is 9.72. The van der Waals surface area contributed by atoms with E-state index in [9.17, 15) is 9.59 Å². The lowest BCUT2D eigenvalue weighted by Crippen LogP contribution is -2.14. The minimum absolute atomic E-state index is 0.0793. The summed E-state index contributed by atoms with van der Waals surface area (Å²) >= 11 is 3.44. The van der Waals surface area contributed by atoms with Gasteiger partial charge in [0.1, 0.15) is 0 Å². The number of hydrogen-bond donors (Lipinski definition) is 2. The van der Waals surface area contributed by atoms with Gasteiger partial charge < -0.3 is 5.73 Å². The van der Waals surface area contributed by atoms with E-state index in [0.717, 1.165) is 3.57 Å². The van der Waals surface area contributed by atoms with Gasteiger partial charge >= 0.3 is 0 Å².